The fourth-order valence-corrected chi connectivity index (χ4v) is 2.49. The molecule has 2 rings (SSSR count). The Kier molecular flexibility index (Phi) is 4.70. The number of benzene rings is 2. The van der Waals surface area contributed by atoms with E-state index in [-0.39, 0.29) is 16.6 Å². The van der Waals surface area contributed by atoms with Crippen molar-refractivity contribution in [2.24, 2.45) is 0 Å². The van der Waals surface area contributed by atoms with Crippen LogP contribution in [0.3, 0.4) is 0 Å². The summed E-state index contributed by atoms with van der Waals surface area (Å²) in [6, 6.07) is 8.54. The second-order valence-corrected chi connectivity index (χ2v) is 5.35. The van der Waals surface area contributed by atoms with Gasteiger partial charge in [-0.25, -0.2) is 9.18 Å². The molecule has 6 heteroatoms. The third-order valence-electron chi connectivity index (χ3n) is 3.01. The number of carboxylic acids is 1. The van der Waals surface area contributed by atoms with Gasteiger partial charge in [0.15, 0.2) is 0 Å². The highest BCUT2D eigenvalue weighted by Gasteiger charge is 2.13. The van der Waals surface area contributed by atoms with Crippen LogP contribution in [0.4, 0.5) is 10.1 Å². The quantitative estimate of drug-likeness (QED) is 0.830. The Labute approximate surface area is 131 Å². The molecule has 0 aliphatic rings. The van der Waals surface area contributed by atoms with E-state index in [4.69, 9.17) is 28.3 Å². The molecule has 0 radical (unpaired) electrons. The number of aromatic carboxylic acids is 1. The molecule has 0 fully saturated rings. The lowest BCUT2D eigenvalue weighted by Gasteiger charge is -2.17. The second kappa shape index (κ2) is 6.33. The molecule has 2 aromatic rings. The second-order valence-electron chi connectivity index (χ2n) is 4.53. The molecular formula is C15H12Cl2FNO2. The van der Waals surface area contributed by atoms with E-state index in [1.54, 1.807) is 12.1 Å². The van der Waals surface area contributed by atoms with Gasteiger partial charge in [-0.05, 0) is 42.8 Å². The number of hydrogen-bond acceptors (Lipinski definition) is 2. The summed E-state index contributed by atoms with van der Waals surface area (Å²) >= 11 is 11.8. The van der Waals surface area contributed by atoms with E-state index in [0.29, 0.717) is 16.3 Å². The Bertz CT molecular complexity index is 691. The van der Waals surface area contributed by atoms with Crippen molar-refractivity contribution in [3.63, 3.8) is 0 Å². The van der Waals surface area contributed by atoms with Crippen molar-refractivity contribution in [1.29, 1.82) is 0 Å². The van der Waals surface area contributed by atoms with E-state index in [2.05, 4.69) is 5.32 Å². The van der Waals surface area contributed by atoms with Crippen LogP contribution >= 0.6 is 23.2 Å². The van der Waals surface area contributed by atoms with Crippen LogP contribution in [-0.2, 0) is 0 Å². The summed E-state index contributed by atoms with van der Waals surface area (Å²) in [6.07, 6.45) is 0. The van der Waals surface area contributed by atoms with Crippen molar-refractivity contribution in [2.45, 2.75) is 13.0 Å². The van der Waals surface area contributed by atoms with E-state index < -0.39 is 11.8 Å². The van der Waals surface area contributed by atoms with Crippen molar-refractivity contribution >= 4 is 34.9 Å². The largest absolute Gasteiger partial charge is 0.478 e. The smallest absolute Gasteiger partial charge is 0.337 e. The zero-order valence-electron chi connectivity index (χ0n) is 11.0. The summed E-state index contributed by atoms with van der Waals surface area (Å²) in [6.45, 7) is 1.84. The summed E-state index contributed by atoms with van der Waals surface area (Å²) in [5.41, 5.74) is 1.31. The van der Waals surface area contributed by atoms with Crippen LogP contribution in [0, 0.1) is 5.82 Å². The third-order valence-corrected chi connectivity index (χ3v) is 3.67. The van der Waals surface area contributed by atoms with Gasteiger partial charge in [-0.2, -0.15) is 0 Å². The fourth-order valence-electron chi connectivity index (χ4n) is 1.96. The van der Waals surface area contributed by atoms with Crippen molar-refractivity contribution in [1.82, 2.24) is 0 Å². The first kappa shape index (κ1) is 15.6. The molecule has 1 atom stereocenters. The van der Waals surface area contributed by atoms with E-state index >= 15 is 0 Å². The summed E-state index contributed by atoms with van der Waals surface area (Å²) in [5.74, 6) is -1.51. The first-order chi connectivity index (χ1) is 9.88. The van der Waals surface area contributed by atoms with Gasteiger partial charge in [0.05, 0.1) is 10.6 Å². The van der Waals surface area contributed by atoms with Crippen LogP contribution < -0.4 is 5.32 Å². The molecule has 0 aliphatic carbocycles. The maximum Gasteiger partial charge on any atom is 0.337 e. The molecule has 0 spiro atoms. The zero-order valence-corrected chi connectivity index (χ0v) is 12.5. The van der Waals surface area contributed by atoms with Gasteiger partial charge in [0.2, 0.25) is 0 Å². The van der Waals surface area contributed by atoms with E-state index in [1.165, 1.54) is 24.3 Å². The predicted molar refractivity (Wildman–Crippen MR) is 81.9 cm³/mol. The molecule has 3 nitrogen and oxygen atoms in total. The minimum absolute atomic E-state index is 0.0130. The molecule has 1 unspecified atom stereocenters. The van der Waals surface area contributed by atoms with Gasteiger partial charge in [0.25, 0.3) is 0 Å². The van der Waals surface area contributed by atoms with Gasteiger partial charge in [-0.3, -0.25) is 0 Å². The maximum absolute atomic E-state index is 13.0. The lowest BCUT2D eigenvalue weighted by Crippen LogP contribution is -2.08. The van der Waals surface area contributed by atoms with Gasteiger partial charge in [0, 0.05) is 16.8 Å². The number of carbonyl (C=O) groups is 1. The Morgan fingerprint density at radius 3 is 2.52 bits per heavy atom. The molecule has 0 aromatic heterocycles. The monoisotopic (exact) mass is 327 g/mol. The lowest BCUT2D eigenvalue weighted by molar-refractivity contribution is 0.0697. The zero-order chi connectivity index (χ0) is 15.6. The van der Waals surface area contributed by atoms with Crippen LogP contribution in [0.2, 0.25) is 10.0 Å². The summed E-state index contributed by atoms with van der Waals surface area (Å²) < 4.78 is 13.0. The van der Waals surface area contributed by atoms with Gasteiger partial charge in [-0.15, -0.1) is 0 Å². The van der Waals surface area contributed by atoms with E-state index in [1.807, 2.05) is 6.92 Å². The minimum Gasteiger partial charge on any atom is -0.478 e. The van der Waals surface area contributed by atoms with Crippen molar-refractivity contribution in [2.75, 3.05) is 5.32 Å². The number of hydrogen-bond donors (Lipinski definition) is 2. The Morgan fingerprint density at radius 1 is 1.19 bits per heavy atom. The fraction of sp³-hybridized carbons (Fsp3) is 0.133. The molecule has 0 saturated heterocycles. The Hall–Kier alpha value is -1.78. The van der Waals surface area contributed by atoms with E-state index in [9.17, 15) is 9.18 Å². The number of anilines is 1. The average Bonchev–Trinajstić information content (AvgIpc) is 2.40. The lowest BCUT2D eigenvalue weighted by atomic mass is 10.1. The third kappa shape index (κ3) is 3.65. The van der Waals surface area contributed by atoms with Crippen LogP contribution in [0.15, 0.2) is 36.4 Å². The van der Waals surface area contributed by atoms with Gasteiger partial charge in [0.1, 0.15) is 5.82 Å². The van der Waals surface area contributed by atoms with Gasteiger partial charge in [-0.1, -0.05) is 29.3 Å². The maximum atomic E-state index is 13.0. The van der Waals surface area contributed by atoms with Crippen molar-refractivity contribution < 1.29 is 14.3 Å². The highest BCUT2D eigenvalue weighted by Crippen LogP contribution is 2.28. The van der Waals surface area contributed by atoms with Gasteiger partial charge >= 0.3 is 5.97 Å². The summed E-state index contributed by atoms with van der Waals surface area (Å²) in [7, 11) is 0. The number of carboxylic acid groups (broad SMARTS) is 1. The molecular weight excluding hydrogens is 316 g/mol. The molecule has 0 aliphatic heterocycles. The Morgan fingerprint density at radius 2 is 1.90 bits per heavy atom. The topological polar surface area (TPSA) is 49.3 Å². The van der Waals surface area contributed by atoms with Crippen molar-refractivity contribution in [3.05, 3.63) is 63.4 Å². The van der Waals surface area contributed by atoms with Crippen molar-refractivity contribution in [3.8, 4) is 0 Å². The van der Waals surface area contributed by atoms with Crippen LogP contribution in [0.25, 0.3) is 0 Å². The first-order valence-corrected chi connectivity index (χ1v) is 6.88. The molecule has 0 bridgehead atoms. The minimum atomic E-state index is -1.10. The summed E-state index contributed by atoms with van der Waals surface area (Å²) in [5, 5.41) is 12.6. The highest BCUT2D eigenvalue weighted by molar-refractivity contribution is 6.33. The number of halogens is 3. The average molecular weight is 328 g/mol. The summed E-state index contributed by atoms with van der Waals surface area (Å²) in [4.78, 5) is 11.0. The SMILES string of the molecule is CC(Nc1ccc(Cl)c(C(=O)O)c1)c1ccc(F)cc1Cl. The normalized spacial score (nSPS) is 12.0. The van der Waals surface area contributed by atoms with E-state index in [0.717, 1.165) is 0 Å². The number of rotatable bonds is 4. The number of nitrogens with one attached hydrogen (secondary N) is 1. The molecule has 0 amide bonds. The molecule has 21 heavy (non-hydrogen) atoms. The van der Waals surface area contributed by atoms with Crippen LogP contribution in [-0.4, -0.2) is 11.1 Å². The van der Waals surface area contributed by atoms with Crippen LogP contribution in [0.5, 0.6) is 0 Å². The Balaban J connectivity index is 2.25. The van der Waals surface area contributed by atoms with Gasteiger partial charge < -0.3 is 10.4 Å². The van der Waals surface area contributed by atoms with Crippen LogP contribution in [0.1, 0.15) is 28.9 Å². The molecule has 0 heterocycles. The highest BCUT2D eigenvalue weighted by atomic mass is 35.5. The molecule has 110 valence electrons. The molecule has 2 N–H and O–H groups in total. The first-order valence-electron chi connectivity index (χ1n) is 6.13. The standard InChI is InChI=1S/C15H12Cl2FNO2/c1-8(11-4-2-9(18)6-14(11)17)19-10-3-5-13(16)12(7-10)15(20)21/h2-8,19H,1H3,(H,20,21). The molecule has 0 saturated carbocycles. The molecule has 2 aromatic carbocycles. The predicted octanol–water partition coefficient (Wildman–Crippen LogP) is 5.00.